The van der Waals surface area contributed by atoms with Gasteiger partial charge in [-0.1, -0.05) is 41.5 Å². The maximum Gasteiger partial charge on any atom is 0.183 e. The number of hydrogen-bond acceptors (Lipinski definition) is 4. The number of fused-ring (bicyclic) bond motifs is 1. The minimum Gasteiger partial charge on any atom is -0.504 e. The predicted molar refractivity (Wildman–Crippen MR) is 78.4 cm³/mol. The number of nitrogens with two attached hydrogens (primary N) is 2. The molecule has 0 atom stereocenters. The number of aromatic hydroxyl groups is 2. The Balaban J connectivity index is 3.02. The molecule has 1 aromatic carbocycles. The van der Waals surface area contributed by atoms with E-state index >= 15 is 0 Å². The normalized spacial score (nSPS) is 22.2. The highest BCUT2D eigenvalue weighted by molar-refractivity contribution is 5.83. The van der Waals surface area contributed by atoms with Crippen molar-refractivity contribution in [2.45, 2.75) is 52.4 Å². The van der Waals surface area contributed by atoms with Crippen molar-refractivity contribution in [2.24, 2.45) is 5.41 Å². The number of nitrogen functional groups attached to an aromatic ring is 2. The van der Waals surface area contributed by atoms with Crippen molar-refractivity contribution in [3.63, 3.8) is 0 Å². The molecule has 4 nitrogen and oxygen atoms in total. The summed E-state index contributed by atoms with van der Waals surface area (Å²) in [6.07, 6.45) is 0. The molecule has 1 aliphatic rings. The van der Waals surface area contributed by atoms with Crippen LogP contribution in [0.2, 0.25) is 0 Å². The van der Waals surface area contributed by atoms with Gasteiger partial charge in [-0.25, -0.2) is 0 Å². The molecule has 19 heavy (non-hydrogen) atoms. The lowest BCUT2D eigenvalue weighted by atomic mass is 9.59. The zero-order valence-electron chi connectivity index (χ0n) is 12.5. The minimum atomic E-state index is -0.324. The van der Waals surface area contributed by atoms with Crippen LogP contribution in [0.15, 0.2) is 0 Å². The average molecular weight is 264 g/mol. The van der Waals surface area contributed by atoms with Gasteiger partial charge in [-0.05, 0) is 21.8 Å². The molecule has 0 fully saturated rings. The van der Waals surface area contributed by atoms with E-state index in [-0.39, 0.29) is 33.4 Å². The molecule has 0 spiro atoms. The Morgan fingerprint density at radius 2 is 1.11 bits per heavy atom. The predicted octanol–water partition coefficient (Wildman–Crippen LogP) is 2.86. The van der Waals surface area contributed by atoms with Crippen molar-refractivity contribution < 1.29 is 10.2 Å². The van der Waals surface area contributed by atoms with Gasteiger partial charge in [0.05, 0.1) is 5.69 Å². The third-order valence-corrected chi connectivity index (χ3v) is 5.90. The van der Waals surface area contributed by atoms with Crippen LogP contribution in [0.1, 0.15) is 52.7 Å². The van der Waals surface area contributed by atoms with Crippen LogP contribution in [0.3, 0.4) is 0 Å². The summed E-state index contributed by atoms with van der Waals surface area (Å²) in [5, 5.41) is 20.3. The fourth-order valence-corrected chi connectivity index (χ4v) is 3.43. The Hall–Kier alpha value is -1.58. The van der Waals surface area contributed by atoms with Gasteiger partial charge in [0, 0.05) is 5.56 Å². The van der Waals surface area contributed by atoms with Crippen molar-refractivity contribution >= 4 is 11.4 Å². The SMILES string of the molecule is CC1(C)c2c(N)c(N)c(O)c(O)c2C(C)(C)C1(C)C. The molecule has 106 valence electrons. The van der Waals surface area contributed by atoms with E-state index in [0.717, 1.165) is 5.56 Å². The standard InChI is InChI=1S/C15H24N2O2/c1-13(2)7-8(14(3,4)15(13,5)6)11(18)12(19)10(17)9(7)16/h18-19H,16-17H2,1-6H3. The Kier molecular flexibility index (Phi) is 2.40. The lowest BCUT2D eigenvalue weighted by Crippen LogP contribution is -2.42. The maximum absolute atomic E-state index is 10.3. The molecule has 0 bridgehead atoms. The van der Waals surface area contributed by atoms with Crippen molar-refractivity contribution in [3.8, 4) is 11.5 Å². The third kappa shape index (κ3) is 1.24. The van der Waals surface area contributed by atoms with E-state index < -0.39 is 0 Å². The zero-order chi connectivity index (χ0) is 15.0. The first-order chi connectivity index (χ1) is 8.39. The van der Waals surface area contributed by atoms with Gasteiger partial charge < -0.3 is 21.7 Å². The van der Waals surface area contributed by atoms with Crippen LogP contribution in [-0.4, -0.2) is 10.2 Å². The lowest BCUT2D eigenvalue weighted by molar-refractivity contribution is 0.124. The fraction of sp³-hybridized carbons (Fsp3) is 0.600. The summed E-state index contributed by atoms with van der Waals surface area (Å²) in [6.45, 7) is 12.6. The summed E-state index contributed by atoms with van der Waals surface area (Å²) in [4.78, 5) is 0. The summed E-state index contributed by atoms with van der Waals surface area (Å²) < 4.78 is 0. The highest BCUT2D eigenvalue weighted by Gasteiger charge is 2.59. The van der Waals surface area contributed by atoms with Gasteiger partial charge in [-0.15, -0.1) is 0 Å². The molecule has 0 aromatic heterocycles. The largest absolute Gasteiger partial charge is 0.504 e. The van der Waals surface area contributed by atoms with Crippen LogP contribution in [0, 0.1) is 5.41 Å². The van der Waals surface area contributed by atoms with Crippen molar-refractivity contribution in [1.29, 1.82) is 0 Å². The zero-order valence-corrected chi connectivity index (χ0v) is 12.5. The molecule has 1 aliphatic carbocycles. The van der Waals surface area contributed by atoms with E-state index in [1.54, 1.807) is 0 Å². The summed E-state index contributed by atoms with van der Waals surface area (Å²) in [5.41, 5.74) is 13.2. The summed E-state index contributed by atoms with van der Waals surface area (Å²) in [6, 6.07) is 0. The van der Waals surface area contributed by atoms with Gasteiger partial charge in [-0.2, -0.15) is 0 Å². The molecular formula is C15H24N2O2. The number of phenols is 2. The average Bonchev–Trinajstić information content (AvgIpc) is 2.39. The first-order valence-corrected chi connectivity index (χ1v) is 6.52. The Morgan fingerprint density at radius 3 is 1.58 bits per heavy atom. The van der Waals surface area contributed by atoms with Gasteiger partial charge in [0.1, 0.15) is 5.69 Å². The molecule has 0 aliphatic heterocycles. The van der Waals surface area contributed by atoms with Crippen LogP contribution >= 0.6 is 0 Å². The van der Waals surface area contributed by atoms with Crippen LogP contribution in [0.5, 0.6) is 11.5 Å². The van der Waals surface area contributed by atoms with Crippen molar-refractivity contribution in [1.82, 2.24) is 0 Å². The second-order valence-electron chi connectivity index (χ2n) is 7.15. The molecule has 0 saturated heterocycles. The lowest BCUT2D eigenvalue weighted by Gasteiger charge is -2.44. The van der Waals surface area contributed by atoms with Gasteiger partial charge in [-0.3, -0.25) is 0 Å². The number of benzene rings is 1. The first kappa shape index (κ1) is 13.8. The van der Waals surface area contributed by atoms with E-state index in [2.05, 4.69) is 41.5 Å². The molecule has 0 radical (unpaired) electrons. The molecule has 1 aromatic rings. The molecule has 0 saturated carbocycles. The first-order valence-electron chi connectivity index (χ1n) is 6.52. The van der Waals surface area contributed by atoms with Crippen LogP contribution in [-0.2, 0) is 10.8 Å². The van der Waals surface area contributed by atoms with E-state index in [4.69, 9.17) is 11.5 Å². The summed E-state index contributed by atoms with van der Waals surface area (Å²) in [7, 11) is 0. The van der Waals surface area contributed by atoms with E-state index in [9.17, 15) is 10.2 Å². The Labute approximate surface area is 114 Å². The topological polar surface area (TPSA) is 92.5 Å². The van der Waals surface area contributed by atoms with Crippen LogP contribution < -0.4 is 11.5 Å². The van der Waals surface area contributed by atoms with Gasteiger partial charge in [0.25, 0.3) is 0 Å². The second-order valence-corrected chi connectivity index (χ2v) is 7.15. The summed E-state index contributed by atoms with van der Waals surface area (Å²) in [5.74, 6) is -0.442. The monoisotopic (exact) mass is 264 g/mol. The van der Waals surface area contributed by atoms with Crippen molar-refractivity contribution in [2.75, 3.05) is 11.5 Å². The smallest absolute Gasteiger partial charge is 0.183 e. The van der Waals surface area contributed by atoms with E-state index in [1.165, 1.54) is 0 Å². The quantitative estimate of drug-likeness (QED) is 0.329. The Morgan fingerprint density at radius 1 is 0.684 bits per heavy atom. The highest BCUT2D eigenvalue weighted by Crippen LogP contribution is 2.66. The molecule has 6 N–H and O–H groups in total. The van der Waals surface area contributed by atoms with Crippen molar-refractivity contribution in [3.05, 3.63) is 11.1 Å². The number of phenolic OH excluding ortho intramolecular Hbond substituents is 2. The Bertz CT molecular complexity index is 523. The van der Waals surface area contributed by atoms with Gasteiger partial charge in [0.15, 0.2) is 11.5 Å². The minimum absolute atomic E-state index is 0.0674. The highest BCUT2D eigenvalue weighted by atomic mass is 16.3. The number of hydrogen-bond donors (Lipinski definition) is 4. The van der Waals surface area contributed by atoms with Crippen LogP contribution in [0.4, 0.5) is 11.4 Å². The molecule has 0 unspecified atom stereocenters. The van der Waals surface area contributed by atoms with E-state index in [0.29, 0.717) is 11.3 Å². The maximum atomic E-state index is 10.3. The number of anilines is 2. The molecule has 0 amide bonds. The molecule has 4 heteroatoms. The van der Waals surface area contributed by atoms with Crippen LogP contribution in [0.25, 0.3) is 0 Å². The summed E-state index contributed by atoms with van der Waals surface area (Å²) >= 11 is 0. The van der Waals surface area contributed by atoms with Gasteiger partial charge >= 0.3 is 0 Å². The van der Waals surface area contributed by atoms with E-state index in [1.807, 2.05) is 0 Å². The molecular weight excluding hydrogens is 240 g/mol. The number of rotatable bonds is 0. The molecule has 0 heterocycles. The fourth-order valence-electron chi connectivity index (χ4n) is 3.43. The third-order valence-electron chi connectivity index (χ3n) is 5.90. The molecule has 2 rings (SSSR count). The van der Waals surface area contributed by atoms with Gasteiger partial charge in [0.2, 0.25) is 0 Å². The second kappa shape index (κ2) is 3.30.